The molecule has 2 unspecified atom stereocenters. The number of hydrogen-bond acceptors (Lipinski definition) is 7. The Morgan fingerprint density at radius 2 is 1.89 bits per heavy atom. The molecular formula is C28H41N7O. The molecule has 0 fully saturated rings. The van der Waals surface area contributed by atoms with Crippen LogP contribution < -0.4 is 5.43 Å². The minimum absolute atomic E-state index is 0.119. The maximum absolute atomic E-state index is 13.0. The van der Waals surface area contributed by atoms with Gasteiger partial charge in [0.1, 0.15) is 11.8 Å². The highest BCUT2D eigenvalue weighted by Crippen LogP contribution is 2.40. The van der Waals surface area contributed by atoms with Gasteiger partial charge in [0.05, 0.1) is 28.5 Å². The van der Waals surface area contributed by atoms with Crippen LogP contribution >= 0.6 is 0 Å². The Kier molecular flexibility index (Phi) is 8.19. The van der Waals surface area contributed by atoms with Crippen molar-refractivity contribution in [2.75, 3.05) is 27.2 Å². The van der Waals surface area contributed by atoms with Crippen molar-refractivity contribution >= 4 is 29.2 Å². The Morgan fingerprint density at radius 1 is 1.19 bits per heavy atom. The molecule has 8 heteroatoms. The van der Waals surface area contributed by atoms with Gasteiger partial charge in [-0.1, -0.05) is 44.2 Å². The second-order valence-electron chi connectivity index (χ2n) is 11.1. The first-order chi connectivity index (χ1) is 16.9. The van der Waals surface area contributed by atoms with E-state index in [4.69, 9.17) is 0 Å². The van der Waals surface area contributed by atoms with Gasteiger partial charge in [0.2, 0.25) is 0 Å². The van der Waals surface area contributed by atoms with Crippen molar-refractivity contribution in [1.82, 2.24) is 30.2 Å². The molecule has 0 saturated heterocycles. The topological polar surface area (TPSA) is 78.6 Å². The van der Waals surface area contributed by atoms with E-state index in [1.165, 1.54) is 0 Å². The molecule has 0 bridgehead atoms. The molecule has 3 rings (SSSR count). The lowest BCUT2D eigenvalue weighted by Gasteiger charge is -2.43. The predicted molar refractivity (Wildman–Crippen MR) is 148 cm³/mol. The van der Waals surface area contributed by atoms with Crippen molar-refractivity contribution in [2.45, 2.75) is 53.5 Å². The molecule has 0 radical (unpaired) electrons. The number of hydrazone groups is 1. The smallest absolute Gasteiger partial charge is 0.131 e. The van der Waals surface area contributed by atoms with Crippen molar-refractivity contribution in [3.05, 3.63) is 53.9 Å². The lowest BCUT2D eigenvalue weighted by atomic mass is 9.76. The Labute approximate surface area is 215 Å². The quantitative estimate of drug-likeness (QED) is 0.519. The summed E-state index contributed by atoms with van der Waals surface area (Å²) in [6.07, 6.45) is 5.66. The van der Waals surface area contributed by atoms with Gasteiger partial charge in [0.15, 0.2) is 0 Å². The first-order valence-corrected chi connectivity index (χ1v) is 12.6. The second-order valence-corrected chi connectivity index (χ2v) is 11.1. The minimum Gasteiger partial charge on any atom is -0.376 e. The van der Waals surface area contributed by atoms with Crippen LogP contribution in [0.5, 0.6) is 0 Å². The van der Waals surface area contributed by atoms with Crippen LogP contribution in [0, 0.1) is 11.3 Å². The molecule has 36 heavy (non-hydrogen) atoms. The predicted octanol–water partition coefficient (Wildman–Crippen LogP) is 4.54. The van der Waals surface area contributed by atoms with Gasteiger partial charge < -0.3 is 9.69 Å². The Balaban J connectivity index is 2.18. The number of carbonyl (C=O) groups excluding carboxylic acids is 1. The van der Waals surface area contributed by atoms with E-state index in [1.807, 2.05) is 50.2 Å². The number of rotatable bonds is 9. The fourth-order valence-corrected chi connectivity index (χ4v) is 4.50. The standard InChI is InChI=1S/C28H41N7O/c1-10-20(2)17-34(27(4,5)6)18-28(7,19-36)26-21(3)24(15-29-30-16-25(26)33(8)9)35-23-14-12-11-13-22(23)31-32-35/h11-16,19-20,29H,3,10,17-18H2,1-2,4-9H3/b24-15?,26-25-,30-16-. The van der Waals surface area contributed by atoms with Crippen LogP contribution in [0.2, 0.25) is 0 Å². The average molecular weight is 492 g/mol. The van der Waals surface area contributed by atoms with Crippen molar-refractivity contribution < 1.29 is 4.79 Å². The van der Waals surface area contributed by atoms with Crippen LogP contribution in [0.4, 0.5) is 0 Å². The van der Waals surface area contributed by atoms with Crippen molar-refractivity contribution in [3.63, 3.8) is 0 Å². The van der Waals surface area contributed by atoms with Crippen LogP contribution in [0.3, 0.4) is 0 Å². The lowest BCUT2D eigenvalue weighted by Crippen LogP contribution is -2.50. The summed E-state index contributed by atoms with van der Waals surface area (Å²) in [5.74, 6) is 0.505. The molecule has 1 aromatic heterocycles. The first kappa shape index (κ1) is 27.3. The molecule has 1 aliphatic heterocycles. The lowest BCUT2D eigenvalue weighted by molar-refractivity contribution is -0.115. The molecule has 2 atom stereocenters. The number of hydrogen-bond donors (Lipinski definition) is 1. The zero-order chi connectivity index (χ0) is 26.7. The number of nitrogens with zero attached hydrogens (tertiary/aromatic N) is 6. The van der Waals surface area contributed by atoms with Crippen LogP contribution in [-0.4, -0.2) is 70.0 Å². The Bertz CT molecular complexity index is 1200. The molecule has 1 aliphatic rings. The molecule has 1 aromatic carbocycles. The highest BCUT2D eigenvalue weighted by atomic mass is 16.1. The fourth-order valence-electron chi connectivity index (χ4n) is 4.50. The molecular weight excluding hydrogens is 450 g/mol. The number of aldehydes is 1. The average Bonchev–Trinajstić information content (AvgIpc) is 3.24. The van der Waals surface area contributed by atoms with Crippen LogP contribution in [0.25, 0.3) is 16.7 Å². The maximum Gasteiger partial charge on any atom is 0.131 e. The number of carbonyl (C=O) groups is 1. The van der Waals surface area contributed by atoms with Crippen molar-refractivity contribution in [1.29, 1.82) is 0 Å². The summed E-state index contributed by atoms with van der Waals surface area (Å²) in [5.41, 5.74) is 6.65. The molecule has 2 aromatic rings. The van der Waals surface area contributed by atoms with E-state index in [-0.39, 0.29) is 5.54 Å². The third-order valence-corrected chi connectivity index (χ3v) is 6.92. The number of nitrogens with one attached hydrogen (secondary N) is 1. The van der Waals surface area contributed by atoms with E-state index in [0.29, 0.717) is 23.7 Å². The largest absolute Gasteiger partial charge is 0.376 e. The summed E-state index contributed by atoms with van der Waals surface area (Å²) >= 11 is 0. The van der Waals surface area contributed by atoms with Gasteiger partial charge in [-0.05, 0) is 45.7 Å². The van der Waals surface area contributed by atoms with Crippen LogP contribution in [0.1, 0.15) is 48.0 Å². The third kappa shape index (κ3) is 5.59. The highest BCUT2D eigenvalue weighted by molar-refractivity contribution is 5.90. The number of fused-ring (bicyclic) bond motifs is 1. The molecule has 0 spiro atoms. The summed E-state index contributed by atoms with van der Waals surface area (Å²) in [6.45, 7) is 19.0. The first-order valence-electron chi connectivity index (χ1n) is 12.6. The van der Waals surface area contributed by atoms with Gasteiger partial charge in [0, 0.05) is 50.1 Å². The van der Waals surface area contributed by atoms with Gasteiger partial charge in [-0.25, -0.2) is 4.68 Å². The second kappa shape index (κ2) is 10.8. The Morgan fingerprint density at radius 3 is 2.50 bits per heavy atom. The van der Waals surface area contributed by atoms with E-state index in [9.17, 15) is 4.79 Å². The number of aromatic nitrogens is 3. The van der Waals surface area contributed by atoms with E-state index < -0.39 is 5.41 Å². The highest BCUT2D eigenvalue weighted by Gasteiger charge is 2.39. The van der Waals surface area contributed by atoms with E-state index in [1.54, 1.807) is 17.1 Å². The van der Waals surface area contributed by atoms with Crippen LogP contribution in [-0.2, 0) is 4.79 Å². The molecule has 0 aliphatic carbocycles. The molecule has 0 amide bonds. The summed E-state index contributed by atoms with van der Waals surface area (Å²) in [6, 6.07) is 7.77. The SMILES string of the molecule is C=C1C(n2nnc3ccccc32)=CN/N=C\C(N(C)C)=C/1C(C)(C=O)CN(CC(C)CC)C(C)(C)C. The van der Waals surface area contributed by atoms with Gasteiger partial charge in [0.25, 0.3) is 0 Å². The molecule has 8 nitrogen and oxygen atoms in total. The van der Waals surface area contributed by atoms with E-state index >= 15 is 0 Å². The maximum atomic E-state index is 13.0. The summed E-state index contributed by atoms with van der Waals surface area (Å²) in [4.78, 5) is 17.4. The number of benzene rings is 1. The van der Waals surface area contributed by atoms with Gasteiger partial charge in [-0.2, -0.15) is 5.10 Å². The summed E-state index contributed by atoms with van der Waals surface area (Å²) < 4.78 is 1.75. The summed E-state index contributed by atoms with van der Waals surface area (Å²) in [7, 11) is 3.91. The fraction of sp³-hybridized carbons (Fsp3) is 0.500. The zero-order valence-electron chi connectivity index (χ0n) is 23.0. The number of allylic oxidation sites excluding steroid dienone is 3. The van der Waals surface area contributed by atoms with E-state index in [2.05, 4.69) is 66.9 Å². The molecule has 194 valence electrons. The van der Waals surface area contributed by atoms with Gasteiger partial charge >= 0.3 is 0 Å². The third-order valence-electron chi connectivity index (χ3n) is 6.92. The Hall–Kier alpha value is -3.26. The van der Waals surface area contributed by atoms with Crippen LogP contribution in [0.15, 0.2) is 59.0 Å². The van der Waals surface area contributed by atoms with Gasteiger partial charge in [-0.3, -0.25) is 10.3 Å². The zero-order valence-corrected chi connectivity index (χ0v) is 23.0. The minimum atomic E-state index is -0.865. The van der Waals surface area contributed by atoms with E-state index in [0.717, 1.165) is 41.6 Å². The van der Waals surface area contributed by atoms with Crippen molar-refractivity contribution in [3.8, 4) is 0 Å². The normalized spacial score (nSPS) is 20.2. The number of para-hydroxylation sites is 1. The molecule has 1 N–H and O–H groups in total. The molecule has 2 heterocycles. The van der Waals surface area contributed by atoms with Crippen molar-refractivity contribution in [2.24, 2.45) is 16.4 Å². The molecule has 0 saturated carbocycles. The monoisotopic (exact) mass is 491 g/mol. The van der Waals surface area contributed by atoms with Gasteiger partial charge in [-0.15, -0.1) is 5.10 Å². The summed E-state index contributed by atoms with van der Waals surface area (Å²) in [5, 5.41) is 13.2.